The lowest BCUT2D eigenvalue weighted by Gasteiger charge is -1.98. The molecule has 4 heteroatoms. The molecule has 0 aliphatic rings. The Kier molecular flexibility index (Phi) is 1.74. The summed E-state index contributed by atoms with van der Waals surface area (Å²) >= 11 is 0. The number of para-hydroxylation sites is 1. The zero-order chi connectivity index (χ0) is 8.23. The number of rotatable bonds is 2. The second-order valence-electron chi connectivity index (χ2n) is 2.22. The van der Waals surface area contributed by atoms with E-state index in [2.05, 4.69) is 15.4 Å². The number of aromatic nitrogens is 3. The Morgan fingerprint density at radius 1 is 1.17 bits per heavy atom. The van der Waals surface area contributed by atoms with Gasteiger partial charge in [-0.15, -0.1) is 5.10 Å². The lowest BCUT2D eigenvalue weighted by atomic mass is 10.3. The molecule has 0 amide bonds. The number of benzene rings is 1. The fourth-order valence-electron chi connectivity index (χ4n) is 0.850. The minimum atomic E-state index is 0.473. The SMILES string of the molecule is c1ccc(Oc2cn[nH]n2)cc1. The van der Waals surface area contributed by atoms with Gasteiger partial charge in [-0.2, -0.15) is 10.3 Å². The van der Waals surface area contributed by atoms with Crippen molar-refractivity contribution in [1.29, 1.82) is 0 Å². The summed E-state index contributed by atoms with van der Waals surface area (Å²) < 4.78 is 5.31. The number of nitrogens with one attached hydrogen (secondary N) is 1. The fourth-order valence-corrected chi connectivity index (χ4v) is 0.850. The van der Waals surface area contributed by atoms with Crippen LogP contribution in [0.25, 0.3) is 0 Å². The Morgan fingerprint density at radius 3 is 2.67 bits per heavy atom. The van der Waals surface area contributed by atoms with E-state index in [1.807, 2.05) is 30.3 Å². The van der Waals surface area contributed by atoms with E-state index < -0.39 is 0 Å². The molecule has 0 radical (unpaired) electrons. The van der Waals surface area contributed by atoms with Crippen molar-refractivity contribution in [2.24, 2.45) is 0 Å². The summed E-state index contributed by atoms with van der Waals surface area (Å²) in [4.78, 5) is 0. The van der Waals surface area contributed by atoms with Gasteiger partial charge in [0.25, 0.3) is 5.88 Å². The van der Waals surface area contributed by atoms with Gasteiger partial charge < -0.3 is 4.74 Å². The first kappa shape index (κ1) is 6.84. The quantitative estimate of drug-likeness (QED) is 0.727. The third-order valence-electron chi connectivity index (χ3n) is 1.36. The highest BCUT2D eigenvalue weighted by molar-refractivity contribution is 5.24. The predicted molar refractivity (Wildman–Crippen MR) is 42.9 cm³/mol. The zero-order valence-electron chi connectivity index (χ0n) is 6.27. The molecule has 0 saturated heterocycles. The van der Waals surface area contributed by atoms with E-state index in [0.29, 0.717) is 5.88 Å². The van der Waals surface area contributed by atoms with Crippen molar-refractivity contribution in [3.8, 4) is 11.6 Å². The summed E-state index contributed by atoms with van der Waals surface area (Å²) in [7, 11) is 0. The van der Waals surface area contributed by atoms with Gasteiger partial charge in [-0.25, -0.2) is 0 Å². The third kappa shape index (κ3) is 1.42. The van der Waals surface area contributed by atoms with E-state index in [1.54, 1.807) is 0 Å². The Bertz CT molecular complexity index is 330. The van der Waals surface area contributed by atoms with Crippen LogP contribution < -0.4 is 4.74 Å². The number of ether oxygens (including phenoxy) is 1. The van der Waals surface area contributed by atoms with Crippen molar-refractivity contribution in [2.45, 2.75) is 0 Å². The van der Waals surface area contributed by atoms with Crippen LogP contribution in [0.5, 0.6) is 11.6 Å². The van der Waals surface area contributed by atoms with Crippen LogP contribution in [-0.4, -0.2) is 15.4 Å². The second kappa shape index (κ2) is 3.04. The predicted octanol–water partition coefficient (Wildman–Crippen LogP) is 1.60. The third-order valence-corrected chi connectivity index (χ3v) is 1.36. The number of hydrogen-bond donors (Lipinski definition) is 1. The van der Waals surface area contributed by atoms with Gasteiger partial charge in [-0.1, -0.05) is 18.2 Å². The molecule has 2 rings (SSSR count). The van der Waals surface area contributed by atoms with Gasteiger partial charge in [0.2, 0.25) is 0 Å². The standard InChI is InChI=1S/C8H7N3O/c1-2-4-7(5-3-1)12-8-6-9-11-10-8/h1-6H,(H,9,10,11). The van der Waals surface area contributed by atoms with Crippen LogP contribution in [0.4, 0.5) is 0 Å². The number of nitrogens with zero attached hydrogens (tertiary/aromatic N) is 2. The molecule has 4 nitrogen and oxygen atoms in total. The molecule has 1 heterocycles. The first-order valence-electron chi connectivity index (χ1n) is 3.54. The summed E-state index contributed by atoms with van der Waals surface area (Å²) in [5, 5.41) is 9.84. The van der Waals surface area contributed by atoms with Crippen LogP contribution in [0.2, 0.25) is 0 Å². The van der Waals surface area contributed by atoms with E-state index >= 15 is 0 Å². The van der Waals surface area contributed by atoms with E-state index in [-0.39, 0.29) is 0 Å². The number of H-pyrrole nitrogens is 1. The van der Waals surface area contributed by atoms with Gasteiger partial charge in [0.1, 0.15) is 11.9 Å². The highest BCUT2D eigenvalue weighted by atomic mass is 16.5. The highest BCUT2D eigenvalue weighted by Crippen LogP contribution is 2.16. The lowest BCUT2D eigenvalue weighted by Crippen LogP contribution is -1.82. The van der Waals surface area contributed by atoms with E-state index in [0.717, 1.165) is 5.75 Å². The molecule has 0 fully saturated rings. The molecule has 0 unspecified atom stereocenters. The lowest BCUT2D eigenvalue weighted by molar-refractivity contribution is 0.461. The Hall–Kier alpha value is -1.84. The van der Waals surface area contributed by atoms with E-state index in [9.17, 15) is 0 Å². The molecular weight excluding hydrogens is 154 g/mol. The number of aromatic amines is 1. The largest absolute Gasteiger partial charge is 0.436 e. The Labute approximate surface area is 69.2 Å². The molecule has 1 N–H and O–H groups in total. The molecule has 12 heavy (non-hydrogen) atoms. The number of hydrogen-bond acceptors (Lipinski definition) is 3. The van der Waals surface area contributed by atoms with Crippen LogP contribution in [0.3, 0.4) is 0 Å². The molecular formula is C8H7N3O. The smallest absolute Gasteiger partial charge is 0.258 e. The van der Waals surface area contributed by atoms with E-state index in [4.69, 9.17) is 4.74 Å². The van der Waals surface area contributed by atoms with Crippen LogP contribution >= 0.6 is 0 Å². The van der Waals surface area contributed by atoms with Gasteiger partial charge in [-0.05, 0) is 12.1 Å². The average Bonchev–Trinajstić information content (AvgIpc) is 2.59. The van der Waals surface area contributed by atoms with Gasteiger partial charge in [0.05, 0.1) is 0 Å². The van der Waals surface area contributed by atoms with Crippen molar-refractivity contribution in [3.05, 3.63) is 36.5 Å². The molecule has 0 bridgehead atoms. The maximum Gasteiger partial charge on any atom is 0.258 e. The van der Waals surface area contributed by atoms with Gasteiger partial charge in [0, 0.05) is 0 Å². The molecule has 0 atom stereocenters. The van der Waals surface area contributed by atoms with Crippen molar-refractivity contribution < 1.29 is 4.74 Å². The average molecular weight is 161 g/mol. The molecule has 0 spiro atoms. The molecule has 1 aromatic heterocycles. The van der Waals surface area contributed by atoms with Crippen LogP contribution in [0.15, 0.2) is 36.5 Å². The Balaban J connectivity index is 2.15. The summed E-state index contributed by atoms with van der Waals surface area (Å²) in [6.45, 7) is 0. The first-order valence-corrected chi connectivity index (χ1v) is 3.54. The maximum atomic E-state index is 5.31. The van der Waals surface area contributed by atoms with Crippen molar-refractivity contribution in [2.75, 3.05) is 0 Å². The van der Waals surface area contributed by atoms with Crippen LogP contribution in [0.1, 0.15) is 0 Å². The van der Waals surface area contributed by atoms with Crippen LogP contribution in [-0.2, 0) is 0 Å². The second-order valence-corrected chi connectivity index (χ2v) is 2.22. The monoisotopic (exact) mass is 161 g/mol. The molecule has 0 saturated carbocycles. The minimum absolute atomic E-state index is 0.473. The zero-order valence-corrected chi connectivity index (χ0v) is 6.27. The molecule has 60 valence electrons. The van der Waals surface area contributed by atoms with Gasteiger partial charge in [0.15, 0.2) is 0 Å². The summed E-state index contributed by atoms with van der Waals surface area (Å²) in [6, 6.07) is 9.43. The van der Waals surface area contributed by atoms with E-state index in [1.165, 1.54) is 6.20 Å². The maximum absolute atomic E-state index is 5.31. The van der Waals surface area contributed by atoms with Crippen molar-refractivity contribution in [1.82, 2.24) is 15.4 Å². The molecule has 1 aromatic carbocycles. The van der Waals surface area contributed by atoms with Gasteiger partial charge >= 0.3 is 0 Å². The highest BCUT2D eigenvalue weighted by Gasteiger charge is 1.96. The van der Waals surface area contributed by atoms with Crippen LogP contribution in [0, 0.1) is 0 Å². The van der Waals surface area contributed by atoms with Gasteiger partial charge in [-0.3, -0.25) is 0 Å². The molecule has 0 aliphatic carbocycles. The summed E-state index contributed by atoms with van der Waals surface area (Å²) in [5.41, 5.74) is 0. The summed E-state index contributed by atoms with van der Waals surface area (Å²) in [6.07, 6.45) is 1.52. The normalized spacial score (nSPS) is 9.67. The first-order chi connectivity index (χ1) is 5.95. The minimum Gasteiger partial charge on any atom is -0.436 e. The summed E-state index contributed by atoms with van der Waals surface area (Å²) in [5.74, 6) is 1.23. The topological polar surface area (TPSA) is 50.8 Å². The molecule has 0 aliphatic heterocycles. The fraction of sp³-hybridized carbons (Fsp3) is 0. The molecule has 2 aromatic rings. The van der Waals surface area contributed by atoms with Crippen molar-refractivity contribution >= 4 is 0 Å². The Morgan fingerprint density at radius 2 is 2.00 bits per heavy atom. The van der Waals surface area contributed by atoms with Crippen molar-refractivity contribution in [3.63, 3.8) is 0 Å².